The van der Waals surface area contributed by atoms with E-state index in [-0.39, 0.29) is 10.6 Å². The summed E-state index contributed by atoms with van der Waals surface area (Å²) in [7, 11) is 0. The van der Waals surface area contributed by atoms with Gasteiger partial charge in [-0.05, 0) is 19.9 Å². The first kappa shape index (κ1) is 14.7. The summed E-state index contributed by atoms with van der Waals surface area (Å²) in [5.74, 6) is 0. The van der Waals surface area contributed by atoms with Crippen molar-refractivity contribution in [3.63, 3.8) is 0 Å². The number of piperazine rings is 1. The van der Waals surface area contributed by atoms with E-state index in [0.29, 0.717) is 17.6 Å². The molecule has 0 radical (unpaired) electrons. The second-order valence-electron chi connectivity index (χ2n) is 5.33. The van der Waals surface area contributed by atoms with Gasteiger partial charge in [-0.2, -0.15) is 0 Å². The van der Waals surface area contributed by atoms with E-state index < -0.39 is 0 Å². The van der Waals surface area contributed by atoms with Crippen molar-refractivity contribution in [3.8, 4) is 0 Å². The Morgan fingerprint density at radius 3 is 2.95 bits per heavy atom. The van der Waals surface area contributed by atoms with Gasteiger partial charge in [0.15, 0.2) is 0 Å². The van der Waals surface area contributed by atoms with Gasteiger partial charge in [0.05, 0.1) is 10.5 Å². The maximum Gasteiger partial charge on any atom is 0.276 e. The molecule has 0 saturated carbocycles. The Balaban J connectivity index is 2.01. The molecule has 0 amide bonds. The van der Waals surface area contributed by atoms with Crippen LogP contribution >= 0.6 is 0 Å². The Bertz CT molecular complexity index is 502. The van der Waals surface area contributed by atoms with Crippen LogP contribution < -0.4 is 5.32 Å². The van der Waals surface area contributed by atoms with Crippen molar-refractivity contribution in [1.29, 1.82) is 0 Å². The van der Waals surface area contributed by atoms with Crippen molar-refractivity contribution >= 4 is 11.8 Å². The molecule has 1 aliphatic rings. The van der Waals surface area contributed by atoms with E-state index in [1.807, 2.05) is 18.2 Å². The summed E-state index contributed by atoms with van der Waals surface area (Å²) in [6.07, 6.45) is 3.86. The molecule has 2 rings (SSSR count). The first-order valence-electron chi connectivity index (χ1n) is 6.95. The van der Waals surface area contributed by atoms with E-state index in [1.54, 1.807) is 12.1 Å². The van der Waals surface area contributed by atoms with E-state index >= 15 is 0 Å². The summed E-state index contributed by atoms with van der Waals surface area (Å²) in [6, 6.07) is 7.80. The molecule has 1 aromatic rings. The third-order valence-corrected chi connectivity index (χ3v) is 3.66. The highest BCUT2D eigenvalue weighted by Gasteiger charge is 2.20. The van der Waals surface area contributed by atoms with Crippen LogP contribution in [-0.2, 0) is 0 Å². The lowest BCUT2D eigenvalue weighted by Gasteiger charge is -2.36. The molecule has 1 heterocycles. The molecular weight excluding hydrogens is 254 g/mol. The molecule has 1 aliphatic heterocycles. The van der Waals surface area contributed by atoms with E-state index in [1.165, 1.54) is 6.07 Å². The first-order chi connectivity index (χ1) is 9.58. The van der Waals surface area contributed by atoms with Crippen LogP contribution in [0.1, 0.15) is 19.4 Å². The minimum atomic E-state index is -0.338. The number of benzene rings is 1. The molecule has 0 spiro atoms. The summed E-state index contributed by atoms with van der Waals surface area (Å²) >= 11 is 0. The summed E-state index contributed by atoms with van der Waals surface area (Å²) < 4.78 is 0. The number of nitro benzene ring substituents is 1. The lowest BCUT2D eigenvalue weighted by molar-refractivity contribution is -0.385. The number of hydrogen-bond acceptors (Lipinski definition) is 4. The topological polar surface area (TPSA) is 58.4 Å². The molecule has 0 bridgehead atoms. The molecule has 0 aliphatic carbocycles. The van der Waals surface area contributed by atoms with Gasteiger partial charge < -0.3 is 5.32 Å². The average molecular weight is 275 g/mol. The van der Waals surface area contributed by atoms with Crippen LogP contribution in [0.3, 0.4) is 0 Å². The number of nitro groups is 1. The zero-order chi connectivity index (χ0) is 14.5. The standard InChI is InChI=1S/C15H21N3O2/c1-12-11-17(13(2)10-16-12)9-5-7-14-6-3-4-8-15(14)18(19)20/h3-8,12-13,16H,9-11H2,1-2H3/b7-5+. The summed E-state index contributed by atoms with van der Waals surface area (Å²) in [4.78, 5) is 13.0. The molecule has 1 saturated heterocycles. The number of nitrogens with zero attached hydrogens (tertiary/aromatic N) is 2. The quantitative estimate of drug-likeness (QED) is 0.676. The predicted octanol–water partition coefficient (Wildman–Crippen LogP) is 2.29. The van der Waals surface area contributed by atoms with Crippen LogP contribution in [0.5, 0.6) is 0 Å². The minimum Gasteiger partial charge on any atom is -0.311 e. The third-order valence-electron chi connectivity index (χ3n) is 3.66. The Morgan fingerprint density at radius 2 is 2.20 bits per heavy atom. The largest absolute Gasteiger partial charge is 0.311 e. The van der Waals surface area contributed by atoms with E-state index in [4.69, 9.17) is 0 Å². The van der Waals surface area contributed by atoms with Crippen LogP contribution in [0.25, 0.3) is 6.08 Å². The van der Waals surface area contributed by atoms with Crippen LogP contribution in [0.2, 0.25) is 0 Å². The monoisotopic (exact) mass is 275 g/mol. The molecule has 2 atom stereocenters. The second-order valence-corrected chi connectivity index (χ2v) is 5.33. The third kappa shape index (κ3) is 3.65. The molecular formula is C15H21N3O2. The molecule has 1 aromatic carbocycles. The molecule has 20 heavy (non-hydrogen) atoms. The van der Waals surface area contributed by atoms with E-state index in [2.05, 4.69) is 24.1 Å². The van der Waals surface area contributed by atoms with Gasteiger partial charge in [-0.15, -0.1) is 0 Å². The fraction of sp³-hybridized carbons (Fsp3) is 0.467. The average Bonchev–Trinajstić information content (AvgIpc) is 2.43. The van der Waals surface area contributed by atoms with E-state index in [9.17, 15) is 10.1 Å². The highest BCUT2D eigenvalue weighted by molar-refractivity contribution is 5.60. The zero-order valence-corrected chi connectivity index (χ0v) is 12.0. The van der Waals surface area contributed by atoms with Gasteiger partial charge in [-0.1, -0.05) is 24.3 Å². The lowest BCUT2D eigenvalue weighted by atomic mass is 10.1. The maximum atomic E-state index is 10.9. The highest BCUT2D eigenvalue weighted by atomic mass is 16.6. The van der Waals surface area contributed by atoms with Gasteiger partial charge in [0, 0.05) is 37.8 Å². The number of rotatable bonds is 4. The summed E-state index contributed by atoms with van der Waals surface area (Å²) in [5.41, 5.74) is 0.818. The van der Waals surface area contributed by atoms with Crippen molar-refractivity contribution in [1.82, 2.24) is 10.2 Å². The van der Waals surface area contributed by atoms with Gasteiger partial charge in [0.1, 0.15) is 0 Å². The fourth-order valence-corrected chi connectivity index (χ4v) is 2.46. The summed E-state index contributed by atoms with van der Waals surface area (Å²) in [5, 5.41) is 14.4. The van der Waals surface area contributed by atoms with Crippen molar-refractivity contribution < 1.29 is 4.92 Å². The minimum absolute atomic E-state index is 0.158. The molecule has 108 valence electrons. The van der Waals surface area contributed by atoms with Crippen LogP contribution in [0.4, 0.5) is 5.69 Å². The number of hydrogen-bond donors (Lipinski definition) is 1. The van der Waals surface area contributed by atoms with Crippen LogP contribution in [0.15, 0.2) is 30.3 Å². The molecule has 0 aromatic heterocycles. The Morgan fingerprint density at radius 1 is 1.45 bits per heavy atom. The SMILES string of the molecule is CC1CN(C/C=C/c2ccccc2[N+](=O)[O-])C(C)CN1. The van der Waals surface area contributed by atoms with Gasteiger partial charge in [-0.25, -0.2) is 0 Å². The predicted molar refractivity (Wildman–Crippen MR) is 80.6 cm³/mol. The van der Waals surface area contributed by atoms with Crippen molar-refractivity contribution in [3.05, 3.63) is 46.0 Å². The maximum absolute atomic E-state index is 10.9. The Labute approximate surface area is 119 Å². The van der Waals surface area contributed by atoms with Crippen LogP contribution in [0, 0.1) is 10.1 Å². The number of para-hydroxylation sites is 1. The van der Waals surface area contributed by atoms with Gasteiger partial charge >= 0.3 is 0 Å². The smallest absolute Gasteiger partial charge is 0.276 e. The highest BCUT2D eigenvalue weighted by Crippen LogP contribution is 2.19. The molecule has 1 N–H and O–H groups in total. The van der Waals surface area contributed by atoms with Crippen molar-refractivity contribution in [2.24, 2.45) is 0 Å². The molecule has 2 unspecified atom stereocenters. The summed E-state index contributed by atoms with van der Waals surface area (Å²) in [6.45, 7) is 7.17. The second kappa shape index (κ2) is 6.63. The van der Waals surface area contributed by atoms with Crippen molar-refractivity contribution in [2.75, 3.05) is 19.6 Å². The van der Waals surface area contributed by atoms with Crippen molar-refractivity contribution in [2.45, 2.75) is 25.9 Å². The van der Waals surface area contributed by atoms with Gasteiger partial charge in [-0.3, -0.25) is 15.0 Å². The molecule has 5 nitrogen and oxygen atoms in total. The lowest BCUT2D eigenvalue weighted by Crippen LogP contribution is -2.54. The molecule has 1 fully saturated rings. The zero-order valence-electron chi connectivity index (χ0n) is 12.0. The fourth-order valence-electron chi connectivity index (χ4n) is 2.46. The normalized spacial score (nSPS) is 24.1. The van der Waals surface area contributed by atoms with Crippen LogP contribution in [-0.4, -0.2) is 41.5 Å². The van der Waals surface area contributed by atoms with Gasteiger partial charge in [0.2, 0.25) is 0 Å². The molecule has 5 heteroatoms. The van der Waals surface area contributed by atoms with E-state index in [0.717, 1.165) is 19.6 Å². The van der Waals surface area contributed by atoms with Gasteiger partial charge in [0.25, 0.3) is 5.69 Å². The Kier molecular flexibility index (Phi) is 4.87. The first-order valence-corrected chi connectivity index (χ1v) is 6.95. The Hall–Kier alpha value is -1.72. The number of nitrogens with one attached hydrogen (secondary N) is 1.